The summed E-state index contributed by atoms with van der Waals surface area (Å²) in [5, 5.41) is 2.95. The second-order valence-electron chi connectivity index (χ2n) is 6.94. The zero-order valence-electron chi connectivity index (χ0n) is 15.5. The molecule has 1 fully saturated rings. The highest BCUT2D eigenvalue weighted by molar-refractivity contribution is 8.00. The van der Waals surface area contributed by atoms with Crippen molar-refractivity contribution in [2.75, 3.05) is 13.1 Å². The maximum absolute atomic E-state index is 13.2. The lowest BCUT2D eigenvalue weighted by Crippen LogP contribution is -2.44. The van der Waals surface area contributed by atoms with E-state index in [1.807, 2.05) is 36.6 Å². The number of nitrogens with zero attached hydrogens (tertiary/aromatic N) is 2. The molecule has 2 N–H and O–H groups in total. The van der Waals surface area contributed by atoms with Gasteiger partial charge in [-0.05, 0) is 25.8 Å². The number of amides is 2. The average Bonchev–Trinajstić information content (AvgIpc) is 3.29. The van der Waals surface area contributed by atoms with Gasteiger partial charge in [-0.2, -0.15) is 0 Å². The molecule has 0 radical (unpaired) electrons. The van der Waals surface area contributed by atoms with Gasteiger partial charge in [-0.1, -0.05) is 30.0 Å². The highest BCUT2D eigenvalue weighted by atomic mass is 32.2. The number of primary amides is 1. The van der Waals surface area contributed by atoms with E-state index in [0.29, 0.717) is 30.2 Å². The first-order valence-electron chi connectivity index (χ1n) is 9.17. The Morgan fingerprint density at radius 3 is 2.96 bits per heavy atom. The molecule has 0 unspecified atom stereocenters. The third-order valence-corrected chi connectivity index (χ3v) is 7.11. The molecule has 0 bridgehead atoms. The number of likely N-dealkylation sites (tertiary alicyclic amines) is 1. The van der Waals surface area contributed by atoms with Gasteiger partial charge in [0.15, 0.2) is 5.76 Å². The standard InChI is InChI=1S/C20H21N3O3S2/c1-12-10-27-20(22-12)28-11-15-14-6-2-3-7-16(14)26-17(15)19(25)23-8-4-5-13(9-23)18(21)24/h2-3,6-7,10,13H,4-5,8-9,11H2,1H3,(H2,21,24)/t13-/m0/s1. The largest absolute Gasteiger partial charge is 0.451 e. The minimum atomic E-state index is -0.350. The molecule has 1 aliphatic heterocycles. The molecule has 2 amide bonds. The van der Waals surface area contributed by atoms with Crippen LogP contribution in [0.5, 0.6) is 0 Å². The fourth-order valence-corrected chi connectivity index (χ4v) is 5.36. The van der Waals surface area contributed by atoms with Crippen LogP contribution in [0.4, 0.5) is 0 Å². The van der Waals surface area contributed by atoms with E-state index in [0.717, 1.165) is 33.8 Å². The SMILES string of the molecule is Cc1csc(SCc2c(C(=O)N3CCC[C@H](C(N)=O)C3)oc3ccccc23)n1. The van der Waals surface area contributed by atoms with Crippen molar-refractivity contribution < 1.29 is 14.0 Å². The summed E-state index contributed by atoms with van der Waals surface area (Å²) in [7, 11) is 0. The van der Waals surface area contributed by atoms with E-state index in [9.17, 15) is 9.59 Å². The number of thioether (sulfide) groups is 1. The van der Waals surface area contributed by atoms with Crippen molar-refractivity contribution in [3.63, 3.8) is 0 Å². The Morgan fingerprint density at radius 1 is 1.39 bits per heavy atom. The molecule has 0 saturated carbocycles. The van der Waals surface area contributed by atoms with Crippen LogP contribution in [0.2, 0.25) is 0 Å². The number of aryl methyl sites for hydroxylation is 1. The molecule has 0 aliphatic carbocycles. The number of aromatic nitrogens is 1. The van der Waals surface area contributed by atoms with Gasteiger partial charge >= 0.3 is 0 Å². The first-order valence-corrected chi connectivity index (χ1v) is 11.0. The topological polar surface area (TPSA) is 89.4 Å². The molecule has 3 heterocycles. The molecule has 3 aromatic rings. The Kier molecular flexibility index (Phi) is 5.41. The van der Waals surface area contributed by atoms with E-state index < -0.39 is 0 Å². The van der Waals surface area contributed by atoms with E-state index >= 15 is 0 Å². The fraction of sp³-hybridized carbons (Fsp3) is 0.350. The van der Waals surface area contributed by atoms with Crippen LogP contribution >= 0.6 is 23.1 Å². The van der Waals surface area contributed by atoms with Crippen molar-refractivity contribution in [3.8, 4) is 0 Å². The normalized spacial score (nSPS) is 17.2. The Bertz CT molecular complexity index is 1030. The van der Waals surface area contributed by atoms with Gasteiger partial charge in [0.05, 0.1) is 5.92 Å². The molecule has 1 aromatic carbocycles. The van der Waals surface area contributed by atoms with Crippen LogP contribution in [-0.4, -0.2) is 34.8 Å². The average molecular weight is 416 g/mol. The van der Waals surface area contributed by atoms with Crippen LogP contribution in [0.3, 0.4) is 0 Å². The maximum atomic E-state index is 13.2. The van der Waals surface area contributed by atoms with Crippen LogP contribution in [0.1, 0.15) is 34.7 Å². The number of thiazole rings is 1. The summed E-state index contributed by atoms with van der Waals surface area (Å²) in [6, 6.07) is 7.68. The van der Waals surface area contributed by atoms with Crippen molar-refractivity contribution >= 4 is 45.9 Å². The number of carbonyl (C=O) groups is 2. The zero-order valence-corrected chi connectivity index (χ0v) is 17.1. The van der Waals surface area contributed by atoms with E-state index in [2.05, 4.69) is 4.98 Å². The molecule has 0 spiro atoms. The summed E-state index contributed by atoms with van der Waals surface area (Å²) in [6.07, 6.45) is 1.49. The highest BCUT2D eigenvalue weighted by Gasteiger charge is 2.31. The lowest BCUT2D eigenvalue weighted by Gasteiger charge is -2.30. The van der Waals surface area contributed by atoms with Crippen LogP contribution in [-0.2, 0) is 10.5 Å². The molecule has 1 saturated heterocycles. The van der Waals surface area contributed by atoms with Crippen molar-refractivity contribution in [1.29, 1.82) is 0 Å². The number of rotatable bonds is 5. The summed E-state index contributed by atoms with van der Waals surface area (Å²) in [4.78, 5) is 31.0. The summed E-state index contributed by atoms with van der Waals surface area (Å²) in [5.41, 5.74) is 8.03. The fourth-order valence-electron chi connectivity index (χ4n) is 3.48. The number of hydrogen-bond acceptors (Lipinski definition) is 6. The van der Waals surface area contributed by atoms with Gasteiger partial charge in [0.1, 0.15) is 9.92 Å². The number of hydrogen-bond donors (Lipinski definition) is 1. The highest BCUT2D eigenvalue weighted by Crippen LogP contribution is 2.34. The molecule has 8 heteroatoms. The minimum Gasteiger partial charge on any atom is -0.451 e. The van der Waals surface area contributed by atoms with Crippen LogP contribution in [0.15, 0.2) is 38.4 Å². The molecule has 1 atom stereocenters. The van der Waals surface area contributed by atoms with Gasteiger partial charge < -0.3 is 15.1 Å². The van der Waals surface area contributed by atoms with E-state index in [1.165, 1.54) is 0 Å². The van der Waals surface area contributed by atoms with E-state index in [1.54, 1.807) is 28.0 Å². The molecule has 146 valence electrons. The van der Waals surface area contributed by atoms with Crippen LogP contribution in [0, 0.1) is 12.8 Å². The van der Waals surface area contributed by atoms with Gasteiger partial charge in [-0.3, -0.25) is 9.59 Å². The summed E-state index contributed by atoms with van der Waals surface area (Å²) >= 11 is 3.20. The lowest BCUT2D eigenvalue weighted by molar-refractivity contribution is -0.123. The molecule has 4 rings (SSSR count). The summed E-state index contributed by atoms with van der Waals surface area (Å²) in [6.45, 7) is 2.93. The predicted molar refractivity (Wildman–Crippen MR) is 110 cm³/mol. The third-order valence-electron chi connectivity index (χ3n) is 4.94. The molecule has 6 nitrogen and oxygen atoms in total. The van der Waals surface area contributed by atoms with Crippen molar-refractivity contribution in [3.05, 3.63) is 46.7 Å². The van der Waals surface area contributed by atoms with Gasteiger partial charge in [-0.25, -0.2) is 4.98 Å². The second kappa shape index (κ2) is 7.97. The van der Waals surface area contributed by atoms with Gasteiger partial charge in [0.2, 0.25) is 5.91 Å². The summed E-state index contributed by atoms with van der Waals surface area (Å²) < 4.78 is 6.93. The van der Waals surface area contributed by atoms with Crippen molar-refractivity contribution in [2.45, 2.75) is 29.9 Å². The number of furan rings is 1. The third kappa shape index (κ3) is 3.79. The number of para-hydroxylation sites is 1. The lowest BCUT2D eigenvalue weighted by atomic mass is 9.97. The minimum absolute atomic E-state index is 0.173. The number of nitrogens with two attached hydrogens (primary N) is 1. The quantitative estimate of drug-likeness (QED) is 0.640. The first-order chi connectivity index (χ1) is 13.5. The monoisotopic (exact) mass is 415 g/mol. The van der Waals surface area contributed by atoms with E-state index in [4.69, 9.17) is 10.2 Å². The molecule has 1 aliphatic rings. The Morgan fingerprint density at radius 2 is 2.21 bits per heavy atom. The predicted octanol–water partition coefficient (Wildman–Crippen LogP) is 3.83. The van der Waals surface area contributed by atoms with E-state index in [-0.39, 0.29) is 17.7 Å². The Balaban J connectivity index is 1.63. The zero-order chi connectivity index (χ0) is 19.7. The molecular formula is C20H21N3O3S2. The second-order valence-corrected chi connectivity index (χ2v) is 9.02. The van der Waals surface area contributed by atoms with Crippen molar-refractivity contribution in [2.24, 2.45) is 11.7 Å². The van der Waals surface area contributed by atoms with Crippen LogP contribution in [0.25, 0.3) is 11.0 Å². The smallest absolute Gasteiger partial charge is 0.289 e. The number of benzene rings is 1. The molecular weight excluding hydrogens is 394 g/mol. The first kappa shape index (κ1) is 19.0. The Labute approximate surface area is 171 Å². The number of fused-ring (bicyclic) bond motifs is 1. The molecule has 2 aromatic heterocycles. The van der Waals surface area contributed by atoms with Gasteiger partial charge in [0.25, 0.3) is 5.91 Å². The Hall–Kier alpha value is -2.32. The molecule has 28 heavy (non-hydrogen) atoms. The maximum Gasteiger partial charge on any atom is 0.289 e. The van der Waals surface area contributed by atoms with Crippen LogP contribution < -0.4 is 5.73 Å². The number of carbonyl (C=O) groups excluding carboxylic acids is 2. The van der Waals surface area contributed by atoms with Gasteiger partial charge in [0, 0.05) is 40.9 Å². The van der Waals surface area contributed by atoms with Crippen molar-refractivity contribution in [1.82, 2.24) is 9.88 Å². The van der Waals surface area contributed by atoms with Gasteiger partial charge in [-0.15, -0.1) is 11.3 Å². The number of piperidine rings is 1. The summed E-state index contributed by atoms with van der Waals surface area (Å²) in [5.74, 6) is 0.133.